The van der Waals surface area contributed by atoms with E-state index in [-0.39, 0.29) is 0 Å². The molecule has 70 valence electrons. The van der Waals surface area contributed by atoms with Crippen LogP contribution < -0.4 is 5.73 Å². The van der Waals surface area contributed by atoms with E-state index in [9.17, 15) is 0 Å². The Morgan fingerprint density at radius 2 is 2.00 bits per heavy atom. The first kappa shape index (κ1) is 10.0. The molecule has 0 amide bonds. The van der Waals surface area contributed by atoms with Crippen molar-refractivity contribution in [2.75, 3.05) is 6.54 Å². The summed E-state index contributed by atoms with van der Waals surface area (Å²) in [5, 5.41) is 0. The normalized spacial score (nSPS) is 14.2. The van der Waals surface area contributed by atoms with Gasteiger partial charge in [-0.15, -0.1) is 0 Å². The molecule has 0 saturated carbocycles. The number of hydrogen-bond donors (Lipinski definition) is 1. The lowest BCUT2D eigenvalue weighted by atomic mass is 9.99. The molecule has 1 aromatic carbocycles. The van der Waals surface area contributed by atoms with Gasteiger partial charge in [0.1, 0.15) is 0 Å². The highest BCUT2D eigenvalue weighted by Gasteiger charge is 2.00. The smallest absolute Gasteiger partial charge is 0.0134 e. The van der Waals surface area contributed by atoms with Gasteiger partial charge in [0.15, 0.2) is 0 Å². The van der Waals surface area contributed by atoms with E-state index >= 15 is 0 Å². The van der Waals surface area contributed by atoms with Gasteiger partial charge in [0, 0.05) is 6.54 Å². The molecule has 1 rings (SSSR count). The quantitative estimate of drug-likeness (QED) is 0.702. The predicted octanol–water partition coefficient (Wildman–Crippen LogP) is 2.70. The molecule has 0 aliphatic rings. The molecule has 1 atom stereocenters. The SMILES string of the molecule is C/C(=C/C(C)c1ccccc1)CN. The Bertz CT molecular complexity index is 274. The number of hydrogen-bond acceptors (Lipinski definition) is 1. The Hall–Kier alpha value is -1.08. The van der Waals surface area contributed by atoms with Gasteiger partial charge in [-0.05, 0) is 18.4 Å². The van der Waals surface area contributed by atoms with Crippen LogP contribution in [0.25, 0.3) is 0 Å². The Morgan fingerprint density at radius 1 is 1.38 bits per heavy atom. The van der Waals surface area contributed by atoms with E-state index in [0.717, 1.165) is 0 Å². The number of benzene rings is 1. The van der Waals surface area contributed by atoms with E-state index in [1.807, 2.05) is 6.07 Å². The highest BCUT2D eigenvalue weighted by atomic mass is 14.5. The van der Waals surface area contributed by atoms with Gasteiger partial charge in [-0.1, -0.05) is 48.9 Å². The molecule has 0 heterocycles. The van der Waals surface area contributed by atoms with Crippen molar-refractivity contribution in [1.29, 1.82) is 0 Å². The third kappa shape index (κ3) is 3.03. The fraction of sp³-hybridized carbons (Fsp3) is 0.333. The summed E-state index contributed by atoms with van der Waals surface area (Å²) in [7, 11) is 0. The second kappa shape index (κ2) is 4.83. The van der Waals surface area contributed by atoms with Crippen molar-refractivity contribution in [3.05, 3.63) is 47.5 Å². The van der Waals surface area contributed by atoms with Crippen molar-refractivity contribution in [1.82, 2.24) is 0 Å². The van der Waals surface area contributed by atoms with Crippen LogP contribution in [-0.4, -0.2) is 6.54 Å². The minimum atomic E-state index is 0.463. The maximum absolute atomic E-state index is 5.53. The monoisotopic (exact) mass is 175 g/mol. The maximum Gasteiger partial charge on any atom is 0.0134 e. The van der Waals surface area contributed by atoms with Crippen LogP contribution in [-0.2, 0) is 0 Å². The number of rotatable bonds is 3. The molecule has 0 spiro atoms. The van der Waals surface area contributed by atoms with Gasteiger partial charge in [-0.25, -0.2) is 0 Å². The van der Waals surface area contributed by atoms with E-state index in [4.69, 9.17) is 5.73 Å². The van der Waals surface area contributed by atoms with E-state index in [1.165, 1.54) is 11.1 Å². The fourth-order valence-electron chi connectivity index (χ4n) is 1.35. The van der Waals surface area contributed by atoms with E-state index in [2.05, 4.69) is 44.2 Å². The van der Waals surface area contributed by atoms with Crippen LogP contribution in [0.5, 0.6) is 0 Å². The molecule has 0 aliphatic carbocycles. The Balaban J connectivity index is 2.75. The third-order valence-corrected chi connectivity index (χ3v) is 2.18. The molecule has 0 aromatic heterocycles. The van der Waals surface area contributed by atoms with Crippen LogP contribution in [0.2, 0.25) is 0 Å². The van der Waals surface area contributed by atoms with Gasteiger partial charge >= 0.3 is 0 Å². The summed E-state index contributed by atoms with van der Waals surface area (Å²) in [6.45, 7) is 4.91. The molecule has 0 saturated heterocycles. The molecule has 1 nitrogen and oxygen atoms in total. The fourth-order valence-corrected chi connectivity index (χ4v) is 1.35. The number of nitrogens with two attached hydrogens (primary N) is 1. The predicted molar refractivity (Wildman–Crippen MR) is 57.7 cm³/mol. The van der Waals surface area contributed by atoms with Crippen molar-refractivity contribution < 1.29 is 0 Å². The molecular formula is C12H17N. The molecule has 1 unspecified atom stereocenters. The van der Waals surface area contributed by atoms with Crippen molar-refractivity contribution in [3.63, 3.8) is 0 Å². The highest BCUT2D eigenvalue weighted by molar-refractivity contribution is 5.24. The lowest BCUT2D eigenvalue weighted by Gasteiger charge is -2.07. The van der Waals surface area contributed by atoms with E-state index < -0.39 is 0 Å². The van der Waals surface area contributed by atoms with Crippen LogP contribution in [0.15, 0.2) is 42.0 Å². The summed E-state index contributed by atoms with van der Waals surface area (Å²) in [4.78, 5) is 0. The summed E-state index contributed by atoms with van der Waals surface area (Å²) in [6, 6.07) is 10.5. The van der Waals surface area contributed by atoms with Crippen LogP contribution in [0.4, 0.5) is 0 Å². The molecule has 13 heavy (non-hydrogen) atoms. The molecule has 0 bridgehead atoms. The first-order chi connectivity index (χ1) is 6.24. The average Bonchev–Trinajstić information content (AvgIpc) is 2.19. The molecule has 0 fully saturated rings. The summed E-state index contributed by atoms with van der Waals surface area (Å²) in [5.74, 6) is 0.463. The topological polar surface area (TPSA) is 26.0 Å². The first-order valence-electron chi connectivity index (χ1n) is 4.66. The standard InChI is InChI=1S/C12H17N/c1-10(9-13)8-11(2)12-6-4-3-5-7-12/h3-8,11H,9,13H2,1-2H3/b10-8-. The lowest BCUT2D eigenvalue weighted by Crippen LogP contribution is -2.01. The lowest BCUT2D eigenvalue weighted by molar-refractivity contribution is 0.940. The molecule has 1 aromatic rings. The maximum atomic E-state index is 5.53. The Labute approximate surface area is 80.3 Å². The second-order valence-corrected chi connectivity index (χ2v) is 3.42. The van der Waals surface area contributed by atoms with Gasteiger partial charge in [-0.3, -0.25) is 0 Å². The number of allylic oxidation sites excluding steroid dienone is 1. The summed E-state index contributed by atoms with van der Waals surface area (Å²) in [5.41, 5.74) is 8.12. The second-order valence-electron chi connectivity index (χ2n) is 3.42. The van der Waals surface area contributed by atoms with E-state index in [0.29, 0.717) is 12.5 Å². The van der Waals surface area contributed by atoms with Gasteiger partial charge in [0.2, 0.25) is 0 Å². The van der Waals surface area contributed by atoms with Gasteiger partial charge < -0.3 is 5.73 Å². The molecular weight excluding hydrogens is 158 g/mol. The Kier molecular flexibility index (Phi) is 3.71. The Morgan fingerprint density at radius 3 is 2.54 bits per heavy atom. The minimum Gasteiger partial charge on any atom is -0.327 e. The van der Waals surface area contributed by atoms with Gasteiger partial charge in [0.25, 0.3) is 0 Å². The van der Waals surface area contributed by atoms with Gasteiger partial charge in [0.05, 0.1) is 0 Å². The summed E-state index contributed by atoms with van der Waals surface area (Å²) >= 11 is 0. The van der Waals surface area contributed by atoms with E-state index in [1.54, 1.807) is 0 Å². The summed E-state index contributed by atoms with van der Waals surface area (Å²) in [6.07, 6.45) is 2.22. The molecule has 2 N–H and O–H groups in total. The minimum absolute atomic E-state index is 0.463. The van der Waals surface area contributed by atoms with Gasteiger partial charge in [-0.2, -0.15) is 0 Å². The van der Waals surface area contributed by atoms with Crippen molar-refractivity contribution in [3.8, 4) is 0 Å². The van der Waals surface area contributed by atoms with Crippen LogP contribution in [0.3, 0.4) is 0 Å². The summed E-state index contributed by atoms with van der Waals surface area (Å²) < 4.78 is 0. The third-order valence-electron chi connectivity index (χ3n) is 2.18. The van der Waals surface area contributed by atoms with Crippen LogP contribution in [0.1, 0.15) is 25.3 Å². The molecule has 0 aliphatic heterocycles. The average molecular weight is 175 g/mol. The van der Waals surface area contributed by atoms with Crippen molar-refractivity contribution in [2.24, 2.45) is 5.73 Å². The molecule has 0 radical (unpaired) electrons. The van der Waals surface area contributed by atoms with Crippen LogP contribution >= 0.6 is 0 Å². The first-order valence-corrected chi connectivity index (χ1v) is 4.66. The highest BCUT2D eigenvalue weighted by Crippen LogP contribution is 2.17. The zero-order valence-electron chi connectivity index (χ0n) is 8.33. The van der Waals surface area contributed by atoms with Crippen molar-refractivity contribution >= 4 is 0 Å². The zero-order chi connectivity index (χ0) is 9.68. The van der Waals surface area contributed by atoms with Crippen LogP contribution in [0, 0.1) is 0 Å². The largest absolute Gasteiger partial charge is 0.327 e. The van der Waals surface area contributed by atoms with Crippen molar-refractivity contribution in [2.45, 2.75) is 19.8 Å². The molecule has 1 heteroatoms. The zero-order valence-corrected chi connectivity index (χ0v) is 8.33.